The Morgan fingerprint density at radius 3 is 2.45 bits per heavy atom. The number of hydrogen-bond donors (Lipinski definition) is 2. The maximum absolute atomic E-state index is 12.1. The van der Waals surface area contributed by atoms with Crippen molar-refractivity contribution >= 4 is 17.5 Å². The molecule has 5 nitrogen and oxygen atoms in total. The molecule has 0 saturated heterocycles. The molecule has 2 aromatic rings. The van der Waals surface area contributed by atoms with Gasteiger partial charge in [0.2, 0.25) is 0 Å². The largest absolute Gasteiger partial charge is 0.368 e. The highest BCUT2D eigenvalue weighted by molar-refractivity contribution is 6.07. The molecule has 0 unspecified atom stereocenters. The molecular weight excluding hydrogens is 278 g/mol. The van der Waals surface area contributed by atoms with Gasteiger partial charge in [0, 0.05) is 24.8 Å². The molecule has 1 aromatic heterocycles. The normalized spacial score (nSPS) is 10.1. The van der Waals surface area contributed by atoms with Gasteiger partial charge in [-0.15, -0.1) is 0 Å². The van der Waals surface area contributed by atoms with E-state index in [1.54, 1.807) is 30.5 Å². The van der Waals surface area contributed by atoms with Crippen molar-refractivity contribution in [1.82, 2.24) is 10.3 Å². The summed E-state index contributed by atoms with van der Waals surface area (Å²) >= 11 is 0. The molecule has 0 radical (unpaired) electrons. The highest BCUT2D eigenvalue weighted by Gasteiger charge is 2.12. The van der Waals surface area contributed by atoms with Crippen molar-refractivity contribution in [3.05, 3.63) is 59.3 Å². The van der Waals surface area contributed by atoms with Gasteiger partial charge >= 0.3 is 0 Å². The zero-order valence-electron chi connectivity index (χ0n) is 12.7. The Labute approximate surface area is 129 Å². The zero-order valence-corrected chi connectivity index (χ0v) is 12.7. The summed E-state index contributed by atoms with van der Waals surface area (Å²) in [4.78, 5) is 27.9. The van der Waals surface area contributed by atoms with Crippen LogP contribution in [0.5, 0.6) is 0 Å². The minimum absolute atomic E-state index is 0.118. The van der Waals surface area contributed by atoms with Crippen LogP contribution in [0.1, 0.15) is 33.2 Å². The second-order valence-corrected chi connectivity index (χ2v) is 4.95. The number of ketones is 1. The van der Waals surface area contributed by atoms with Gasteiger partial charge in [0.25, 0.3) is 5.91 Å². The van der Waals surface area contributed by atoms with Crippen LogP contribution in [0.4, 0.5) is 5.82 Å². The van der Waals surface area contributed by atoms with Crippen LogP contribution in [-0.4, -0.2) is 29.8 Å². The molecule has 2 N–H and O–H groups in total. The predicted molar refractivity (Wildman–Crippen MR) is 86.2 cm³/mol. The molecule has 0 saturated carbocycles. The molecule has 2 rings (SSSR count). The van der Waals surface area contributed by atoms with Gasteiger partial charge in [-0.25, -0.2) is 4.98 Å². The maximum atomic E-state index is 12.1. The Kier molecular flexibility index (Phi) is 5.25. The van der Waals surface area contributed by atoms with Gasteiger partial charge in [0.05, 0.1) is 5.56 Å². The van der Waals surface area contributed by atoms with Crippen LogP contribution >= 0.6 is 0 Å². The van der Waals surface area contributed by atoms with Gasteiger partial charge in [-0.1, -0.05) is 24.3 Å². The molecular formula is C17H19N3O2. The summed E-state index contributed by atoms with van der Waals surface area (Å²) in [6, 6.07) is 10.7. The summed E-state index contributed by atoms with van der Waals surface area (Å²) in [5.41, 5.74) is 1.90. The van der Waals surface area contributed by atoms with Gasteiger partial charge in [-0.3, -0.25) is 9.59 Å². The van der Waals surface area contributed by atoms with E-state index in [1.807, 2.05) is 19.1 Å². The van der Waals surface area contributed by atoms with Crippen molar-refractivity contribution in [3.8, 4) is 0 Å². The standard InChI is InChI=1S/C17H19N3O2/c1-12-6-5-9-18-16(12)19-10-11-20-17(22)15-8-4-3-7-14(15)13(2)21/h3-9H,10-11H2,1-2H3,(H,18,19)(H,20,22). The van der Waals surface area contributed by atoms with Crippen molar-refractivity contribution < 1.29 is 9.59 Å². The Morgan fingerprint density at radius 2 is 1.77 bits per heavy atom. The van der Waals surface area contributed by atoms with Crippen molar-refractivity contribution in [3.63, 3.8) is 0 Å². The first-order chi connectivity index (χ1) is 10.6. The third kappa shape index (κ3) is 3.91. The van der Waals surface area contributed by atoms with Crippen molar-refractivity contribution in [2.75, 3.05) is 18.4 Å². The monoisotopic (exact) mass is 297 g/mol. The van der Waals surface area contributed by atoms with E-state index in [2.05, 4.69) is 15.6 Å². The van der Waals surface area contributed by atoms with Gasteiger partial charge in [0.15, 0.2) is 5.78 Å². The fourth-order valence-electron chi connectivity index (χ4n) is 2.11. The van der Waals surface area contributed by atoms with Gasteiger partial charge in [0.1, 0.15) is 5.82 Å². The van der Waals surface area contributed by atoms with E-state index in [-0.39, 0.29) is 11.7 Å². The number of amides is 1. The molecule has 1 amide bonds. The lowest BCUT2D eigenvalue weighted by Crippen LogP contribution is -2.30. The number of rotatable bonds is 6. The van der Waals surface area contributed by atoms with Gasteiger partial charge in [-0.2, -0.15) is 0 Å². The van der Waals surface area contributed by atoms with E-state index in [1.165, 1.54) is 6.92 Å². The highest BCUT2D eigenvalue weighted by atomic mass is 16.2. The quantitative estimate of drug-likeness (QED) is 0.634. The minimum Gasteiger partial charge on any atom is -0.368 e. The van der Waals surface area contributed by atoms with Crippen LogP contribution in [0.2, 0.25) is 0 Å². The summed E-state index contributed by atoms with van der Waals surface area (Å²) in [6.45, 7) is 4.43. The lowest BCUT2D eigenvalue weighted by Gasteiger charge is -2.10. The molecule has 5 heteroatoms. The van der Waals surface area contributed by atoms with Crippen LogP contribution in [0.15, 0.2) is 42.6 Å². The number of nitrogens with one attached hydrogen (secondary N) is 2. The molecule has 1 heterocycles. The first kappa shape index (κ1) is 15.7. The third-order valence-corrected chi connectivity index (χ3v) is 3.26. The minimum atomic E-state index is -0.245. The number of aromatic nitrogens is 1. The van der Waals surface area contributed by atoms with E-state index in [0.29, 0.717) is 24.2 Å². The summed E-state index contributed by atoms with van der Waals surface area (Å²) in [5, 5.41) is 5.97. The number of nitrogens with zero attached hydrogens (tertiary/aromatic N) is 1. The van der Waals surface area contributed by atoms with E-state index in [0.717, 1.165) is 11.4 Å². The van der Waals surface area contributed by atoms with Crippen molar-refractivity contribution in [2.24, 2.45) is 0 Å². The van der Waals surface area contributed by atoms with Crippen molar-refractivity contribution in [2.45, 2.75) is 13.8 Å². The first-order valence-electron chi connectivity index (χ1n) is 7.13. The maximum Gasteiger partial charge on any atom is 0.252 e. The van der Waals surface area contributed by atoms with E-state index < -0.39 is 0 Å². The lowest BCUT2D eigenvalue weighted by molar-refractivity contribution is 0.0940. The van der Waals surface area contributed by atoms with Crippen molar-refractivity contribution in [1.29, 1.82) is 0 Å². The number of carbonyl (C=O) groups excluding carboxylic acids is 2. The van der Waals surface area contributed by atoms with Crippen LogP contribution in [0, 0.1) is 6.92 Å². The summed E-state index contributed by atoms with van der Waals surface area (Å²) in [5.74, 6) is 0.444. The number of carbonyl (C=O) groups is 2. The molecule has 1 aromatic carbocycles. The first-order valence-corrected chi connectivity index (χ1v) is 7.13. The Hall–Kier alpha value is -2.69. The summed E-state index contributed by atoms with van der Waals surface area (Å²) in [7, 11) is 0. The molecule has 0 aliphatic carbocycles. The number of aryl methyl sites for hydroxylation is 1. The van der Waals surface area contributed by atoms with Crippen LogP contribution in [0.3, 0.4) is 0 Å². The second-order valence-electron chi connectivity index (χ2n) is 4.95. The Bertz CT molecular complexity index is 683. The molecule has 0 aliphatic rings. The van der Waals surface area contributed by atoms with E-state index >= 15 is 0 Å². The number of benzene rings is 1. The summed E-state index contributed by atoms with van der Waals surface area (Å²) in [6.07, 6.45) is 1.72. The second kappa shape index (κ2) is 7.36. The molecule has 22 heavy (non-hydrogen) atoms. The topological polar surface area (TPSA) is 71.1 Å². The number of hydrogen-bond acceptors (Lipinski definition) is 4. The number of pyridine rings is 1. The number of Topliss-reactive ketones (excluding diaryl/α,β-unsaturated/α-hetero) is 1. The van der Waals surface area contributed by atoms with Gasteiger partial charge in [-0.05, 0) is 31.5 Å². The highest BCUT2D eigenvalue weighted by Crippen LogP contribution is 2.10. The number of anilines is 1. The zero-order chi connectivity index (χ0) is 15.9. The smallest absolute Gasteiger partial charge is 0.252 e. The predicted octanol–water partition coefficient (Wildman–Crippen LogP) is 2.43. The molecule has 0 fully saturated rings. The fourth-order valence-corrected chi connectivity index (χ4v) is 2.11. The summed E-state index contributed by atoms with van der Waals surface area (Å²) < 4.78 is 0. The molecule has 0 spiro atoms. The molecule has 0 bridgehead atoms. The average Bonchev–Trinajstić information content (AvgIpc) is 2.52. The Balaban J connectivity index is 1.89. The third-order valence-electron chi connectivity index (χ3n) is 3.26. The Morgan fingerprint density at radius 1 is 1.05 bits per heavy atom. The molecule has 0 atom stereocenters. The SMILES string of the molecule is CC(=O)c1ccccc1C(=O)NCCNc1ncccc1C. The van der Waals surface area contributed by atoms with E-state index in [9.17, 15) is 9.59 Å². The van der Waals surface area contributed by atoms with Gasteiger partial charge < -0.3 is 10.6 Å². The van der Waals surface area contributed by atoms with Crippen LogP contribution in [-0.2, 0) is 0 Å². The average molecular weight is 297 g/mol. The van der Waals surface area contributed by atoms with Crippen LogP contribution < -0.4 is 10.6 Å². The van der Waals surface area contributed by atoms with Crippen LogP contribution in [0.25, 0.3) is 0 Å². The molecule has 0 aliphatic heterocycles. The lowest BCUT2D eigenvalue weighted by atomic mass is 10.0. The molecule has 114 valence electrons. The van der Waals surface area contributed by atoms with E-state index in [4.69, 9.17) is 0 Å². The fraction of sp³-hybridized carbons (Fsp3) is 0.235.